The van der Waals surface area contributed by atoms with Gasteiger partial charge in [-0.3, -0.25) is 4.79 Å². The Labute approximate surface area is 145 Å². The number of hydrogen-bond donors (Lipinski definition) is 0. The molecule has 0 spiro atoms. The summed E-state index contributed by atoms with van der Waals surface area (Å²) < 4.78 is 12.1. The van der Waals surface area contributed by atoms with E-state index in [1.54, 1.807) is 11.3 Å². The summed E-state index contributed by atoms with van der Waals surface area (Å²) in [4.78, 5) is 16.4. The number of rotatable bonds is 7. The fourth-order valence-corrected chi connectivity index (χ4v) is 3.18. The lowest BCUT2D eigenvalue weighted by atomic mass is 10.2. The molecule has 0 amide bonds. The Morgan fingerprint density at radius 2 is 1.83 bits per heavy atom. The van der Waals surface area contributed by atoms with Gasteiger partial charge in [-0.25, -0.2) is 4.98 Å². The van der Waals surface area contributed by atoms with E-state index in [2.05, 4.69) is 4.98 Å². The van der Waals surface area contributed by atoms with Gasteiger partial charge in [0, 0.05) is 0 Å². The Hall–Kier alpha value is -2.24. The van der Waals surface area contributed by atoms with E-state index in [0.717, 1.165) is 20.8 Å². The second kappa shape index (κ2) is 8.04. The summed E-state index contributed by atoms with van der Waals surface area (Å²) in [6, 6.07) is 17.6. The normalized spacial score (nSPS) is 12.2. The number of nitrogens with zero attached hydrogens (tertiary/aromatic N) is 1. The van der Waals surface area contributed by atoms with Crippen molar-refractivity contribution in [1.82, 2.24) is 4.98 Å². The molecule has 0 aliphatic carbocycles. The summed E-state index contributed by atoms with van der Waals surface area (Å²) in [5, 5.41) is 0.917. The predicted octanol–water partition coefficient (Wildman–Crippen LogP) is 4.33. The van der Waals surface area contributed by atoms with E-state index >= 15 is 0 Å². The number of ether oxygens (including phenoxy) is 2. The molecule has 2 aromatic carbocycles. The van der Waals surface area contributed by atoms with Gasteiger partial charge in [0.2, 0.25) is 0 Å². The Balaban J connectivity index is 1.43. The molecule has 1 aromatic heterocycles. The van der Waals surface area contributed by atoms with Crippen molar-refractivity contribution in [3.63, 3.8) is 0 Å². The second-order valence-corrected chi connectivity index (χ2v) is 6.66. The highest BCUT2D eigenvalue weighted by atomic mass is 32.1. The third kappa shape index (κ3) is 4.63. The van der Waals surface area contributed by atoms with Crippen LogP contribution in [0.4, 0.5) is 0 Å². The van der Waals surface area contributed by atoms with Gasteiger partial charge in [-0.2, -0.15) is 0 Å². The summed E-state index contributed by atoms with van der Waals surface area (Å²) in [7, 11) is 0. The van der Waals surface area contributed by atoms with Gasteiger partial charge in [0.15, 0.2) is 0 Å². The number of carbonyl (C=O) groups is 1. The fraction of sp³-hybridized carbons (Fsp3) is 0.263. The molecular weight excluding hydrogens is 322 g/mol. The van der Waals surface area contributed by atoms with Gasteiger partial charge in [0.05, 0.1) is 29.3 Å². The van der Waals surface area contributed by atoms with Crippen LogP contribution in [0.2, 0.25) is 0 Å². The van der Waals surface area contributed by atoms with Gasteiger partial charge in [-0.05, 0) is 24.6 Å². The SMILES string of the molecule is CC(CC(=O)OCc1ccccc1)OCc1nc2ccccc2s1. The zero-order valence-electron chi connectivity index (χ0n) is 13.5. The van der Waals surface area contributed by atoms with Gasteiger partial charge >= 0.3 is 5.97 Å². The highest BCUT2D eigenvalue weighted by Gasteiger charge is 2.12. The quantitative estimate of drug-likeness (QED) is 0.600. The summed E-state index contributed by atoms with van der Waals surface area (Å²) in [5.41, 5.74) is 1.96. The first-order valence-electron chi connectivity index (χ1n) is 7.86. The minimum atomic E-state index is -0.254. The molecule has 3 rings (SSSR count). The van der Waals surface area contributed by atoms with Crippen LogP contribution in [0.3, 0.4) is 0 Å². The fourth-order valence-electron chi connectivity index (χ4n) is 2.29. The monoisotopic (exact) mass is 341 g/mol. The van der Waals surface area contributed by atoms with Crippen LogP contribution in [0.15, 0.2) is 54.6 Å². The molecule has 0 N–H and O–H groups in total. The number of fused-ring (bicyclic) bond motifs is 1. The summed E-state index contributed by atoms with van der Waals surface area (Å²) in [6.45, 7) is 2.58. The van der Waals surface area contributed by atoms with E-state index in [-0.39, 0.29) is 18.5 Å². The molecule has 0 aliphatic heterocycles. The molecule has 3 aromatic rings. The smallest absolute Gasteiger partial charge is 0.308 e. The van der Waals surface area contributed by atoms with Crippen molar-refractivity contribution >= 4 is 27.5 Å². The molecule has 24 heavy (non-hydrogen) atoms. The highest BCUT2D eigenvalue weighted by molar-refractivity contribution is 7.18. The van der Waals surface area contributed by atoms with Crippen LogP contribution in [0, 0.1) is 0 Å². The maximum atomic E-state index is 11.9. The molecule has 0 saturated heterocycles. The molecule has 124 valence electrons. The Morgan fingerprint density at radius 1 is 1.08 bits per heavy atom. The number of thiazole rings is 1. The van der Waals surface area contributed by atoms with E-state index in [4.69, 9.17) is 9.47 Å². The minimum Gasteiger partial charge on any atom is -0.461 e. The standard InChI is InChI=1S/C19H19NO3S/c1-14(11-19(21)23-12-15-7-3-2-4-8-15)22-13-18-20-16-9-5-6-10-17(16)24-18/h2-10,14H,11-13H2,1H3. The van der Waals surface area contributed by atoms with Crippen molar-refractivity contribution in [2.45, 2.75) is 32.7 Å². The third-order valence-corrected chi connectivity index (χ3v) is 4.54. The van der Waals surface area contributed by atoms with Crippen LogP contribution in [-0.4, -0.2) is 17.1 Å². The van der Waals surface area contributed by atoms with Gasteiger partial charge in [-0.15, -0.1) is 11.3 Å². The zero-order chi connectivity index (χ0) is 16.8. The molecule has 0 radical (unpaired) electrons. The van der Waals surface area contributed by atoms with Crippen molar-refractivity contribution in [2.24, 2.45) is 0 Å². The van der Waals surface area contributed by atoms with Gasteiger partial charge < -0.3 is 9.47 Å². The van der Waals surface area contributed by atoms with Crippen LogP contribution < -0.4 is 0 Å². The highest BCUT2D eigenvalue weighted by Crippen LogP contribution is 2.22. The molecule has 0 saturated carbocycles. The molecule has 0 fully saturated rings. The zero-order valence-corrected chi connectivity index (χ0v) is 14.3. The number of benzene rings is 2. The topological polar surface area (TPSA) is 48.4 Å². The second-order valence-electron chi connectivity index (χ2n) is 5.55. The maximum absolute atomic E-state index is 11.9. The molecule has 0 aliphatic rings. The molecule has 5 heteroatoms. The van der Waals surface area contributed by atoms with Crippen LogP contribution in [0.5, 0.6) is 0 Å². The van der Waals surface area contributed by atoms with E-state index in [1.165, 1.54) is 0 Å². The third-order valence-electron chi connectivity index (χ3n) is 3.53. The number of para-hydroxylation sites is 1. The average molecular weight is 341 g/mol. The van der Waals surface area contributed by atoms with Crippen molar-refractivity contribution in [1.29, 1.82) is 0 Å². The number of aromatic nitrogens is 1. The molecule has 1 heterocycles. The summed E-state index contributed by atoms with van der Waals surface area (Å²) in [5.74, 6) is -0.254. The Kier molecular flexibility index (Phi) is 5.56. The predicted molar refractivity (Wildman–Crippen MR) is 94.7 cm³/mol. The first-order valence-corrected chi connectivity index (χ1v) is 8.68. The van der Waals surface area contributed by atoms with E-state index in [9.17, 15) is 4.79 Å². The van der Waals surface area contributed by atoms with Gasteiger partial charge in [-0.1, -0.05) is 42.5 Å². The number of esters is 1. The van der Waals surface area contributed by atoms with Gasteiger partial charge in [0.25, 0.3) is 0 Å². The molecule has 1 unspecified atom stereocenters. The van der Waals surface area contributed by atoms with Crippen molar-refractivity contribution < 1.29 is 14.3 Å². The average Bonchev–Trinajstić information content (AvgIpc) is 3.02. The minimum absolute atomic E-state index is 0.208. The maximum Gasteiger partial charge on any atom is 0.308 e. The Morgan fingerprint density at radius 3 is 2.62 bits per heavy atom. The van der Waals surface area contributed by atoms with Crippen molar-refractivity contribution in [3.05, 3.63) is 65.2 Å². The van der Waals surface area contributed by atoms with E-state index in [1.807, 2.05) is 61.5 Å². The summed E-state index contributed by atoms with van der Waals surface area (Å²) in [6.07, 6.45) is 0.0258. The summed E-state index contributed by atoms with van der Waals surface area (Å²) >= 11 is 1.61. The van der Waals surface area contributed by atoms with Crippen molar-refractivity contribution in [2.75, 3.05) is 0 Å². The first kappa shape index (κ1) is 16.6. The van der Waals surface area contributed by atoms with Crippen molar-refractivity contribution in [3.8, 4) is 0 Å². The van der Waals surface area contributed by atoms with E-state index in [0.29, 0.717) is 13.2 Å². The lowest BCUT2D eigenvalue weighted by Crippen LogP contribution is -2.16. The van der Waals surface area contributed by atoms with E-state index < -0.39 is 0 Å². The largest absolute Gasteiger partial charge is 0.461 e. The lowest BCUT2D eigenvalue weighted by Gasteiger charge is -2.11. The van der Waals surface area contributed by atoms with Gasteiger partial charge in [0.1, 0.15) is 11.6 Å². The molecule has 4 nitrogen and oxygen atoms in total. The van der Waals surface area contributed by atoms with Crippen LogP contribution in [0.25, 0.3) is 10.2 Å². The first-order chi connectivity index (χ1) is 11.7. The molecule has 1 atom stereocenters. The lowest BCUT2D eigenvalue weighted by molar-refractivity contribution is -0.148. The van der Waals surface area contributed by atoms with Crippen LogP contribution in [0.1, 0.15) is 23.9 Å². The van der Waals surface area contributed by atoms with Crippen LogP contribution >= 0.6 is 11.3 Å². The molecule has 0 bridgehead atoms. The van der Waals surface area contributed by atoms with Crippen LogP contribution in [-0.2, 0) is 27.5 Å². The number of carbonyl (C=O) groups excluding carboxylic acids is 1. The molecular formula is C19H19NO3S. The number of hydrogen-bond acceptors (Lipinski definition) is 5. The Bertz CT molecular complexity index is 767.